The van der Waals surface area contributed by atoms with Gasteiger partial charge in [0.15, 0.2) is 6.23 Å². The second kappa shape index (κ2) is 11.8. The van der Waals surface area contributed by atoms with Gasteiger partial charge in [0.1, 0.15) is 6.10 Å². The van der Waals surface area contributed by atoms with Crippen LogP contribution in [-0.2, 0) is 9.47 Å². The van der Waals surface area contributed by atoms with Crippen LogP contribution in [0.5, 0.6) is 0 Å². The average Bonchev–Trinajstić information content (AvgIpc) is 3.04. The van der Waals surface area contributed by atoms with Crippen molar-refractivity contribution in [2.75, 3.05) is 6.61 Å². The van der Waals surface area contributed by atoms with E-state index in [-0.39, 0.29) is 30.5 Å². The Hall–Kier alpha value is -1.07. The van der Waals surface area contributed by atoms with Crippen LogP contribution in [0.2, 0.25) is 0 Å². The summed E-state index contributed by atoms with van der Waals surface area (Å²) in [7, 11) is 0. The molecule has 0 bridgehead atoms. The fourth-order valence-electron chi connectivity index (χ4n) is 4.34. The zero-order chi connectivity index (χ0) is 20.5. The van der Waals surface area contributed by atoms with Crippen molar-refractivity contribution in [1.29, 1.82) is 0 Å². The first-order valence-electron chi connectivity index (χ1n) is 11.6. The number of hydrogen-bond acceptors (Lipinski definition) is 3. The molecule has 2 aliphatic rings. The van der Waals surface area contributed by atoms with E-state index in [0.29, 0.717) is 5.92 Å². The van der Waals surface area contributed by atoms with Gasteiger partial charge in [-0.25, -0.2) is 4.79 Å². The van der Waals surface area contributed by atoms with Gasteiger partial charge in [0.2, 0.25) is 0 Å². The van der Waals surface area contributed by atoms with Crippen LogP contribution in [0.3, 0.4) is 0 Å². The molecule has 0 aromatic rings. The molecule has 0 spiro atoms. The number of unbranched alkanes of at least 4 members (excludes halogenated alkanes) is 6. The van der Waals surface area contributed by atoms with Gasteiger partial charge in [-0.15, -0.1) is 0 Å². The Kier molecular flexibility index (Phi) is 9.80. The van der Waals surface area contributed by atoms with Crippen LogP contribution in [0, 0.1) is 5.92 Å². The summed E-state index contributed by atoms with van der Waals surface area (Å²) >= 11 is 0. The van der Waals surface area contributed by atoms with Crippen molar-refractivity contribution in [3.05, 3.63) is 11.8 Å². The van der Waals surface area contributed by atoms with Crippen molar-refractivity contribution >= 4 is 6.03 Å². The maximum atomic E-state index is 12.6. The van der Waals surface area contributed by atoms with Gasteiger partial charge >= 0.3 is 6.03 Å². The third kappa shape index (κ3) is 5.96. The molecule has 0 aliphatic carbocycles. The van der Waals surface area contributed by atoms with E-state index in [1.807, 2.05) is 13.1 Å². The third-order valence-electron chi connectivity index (χ3n) is 6.30. The van der Waals surface area contributed by atoms with E-state index >= 15 is 0 Å². The van der Waals surface area contributed by atoms with Crippen molar-refractivity contribution < 1.29 is 14.3 Å². The molecule has 0 radical (unpaired) electrons. The maximum Gasteiger partial charge on any atom is 0.324 e. The first-order chi connectivity index (χ1) is 13.5. The number of amides is 2. The highest BCUT2D eigenvalue weighted by Gasteiger charge is 2.47. The summed E-state index contributed by atoms with van der Waals surface area (Å²) in [6.07, 6.45) is 12.6. The summed E-state index contributed by atoms with van der Waals surface area (Å²) in [4.78, 5) is 14.3. The zero-order valence-electron chi connectivity index (χ0n) is 18.7. The SMILES string of the molecule is CCCCCCCCCO[C@H]1C(CC)[C@@H](CC)O[C@H]1N1C=C(C)C(C)NC1=O. The highest BCUT2D eigenvalue weighted by atomic mass is 16.6. The van der Waals surface area contributed by atoms with Crippen molar-refractivity contribution in [2.24, 2.45) is 5.92 Å². The highest BCUT2D eigenvalue weighted by Crippen LogP contribution is 2.36. The van der Waals surface area contributed by atoms with Crippen LogP contribution >= 0.6 is 0 Å². The average molecular weight is 395 g/mol. The van der Waals surface area contributed by atoms with Gasteiger partial charge in [0.25, 0.3) is 0 Å². The molecule has 28 heavy (non-hydrogen) atoms. The normalized spacial score (nSPS) is 30.5. The minimum absolute atomic E-state index is 0.0572. The number of urea groups is 1. The van der Waals surface area contributed by atoms with Crippen molar-refractivity contribution in [1.82, 2.24) is 10.2 Å². The molecule has 2 unspecified atom stereocenters. The molecule has 2 rings (SSSR count). The minimum atomic E-state index is -0.332. The molecule has 2 amide bonds. The fraction of sp³-hybridized carbons (Fsp3) is 0.870. The number of ether oxygens (including phenoxy) is 2. The molecule has 5 heteroatoms. The van der Waals surface area contributed by atoms with E-state index in [4.69, 9.17) is 9.47 Å². The quantitative estimate of drug-likeness (QED) is 0.438. The smallest absolute Gasteiger partial charge is 0.324 e. The van der Waals surface area contributed by atoms with E-state index in [2.05, 4.69) is 33.0 Å². The summed E-state index contributed by atoms with van der Waals surface area (Å²) in [5.74, 6) is 0.334. The van der Waals surface area contributed by atoms with Gasteiger partial charge in [-0.2, -0.15) is 0 Å². The first-order valence-corrected chi connectivity index (χ1v) is 11.6. The Bertz CT molecular complexity index is 508. The lowest BCUT2D eigenvalue weighted by Gasteiger charge is -2.35. The van der Waals surface area contributed by atoms with Crippen LogP contribution in [0.25, 0.3) is 0 Å². The predicted octanol–water partition coefficient (Wildman–Crippen LogP) is 5.60. The minimum Gasteiger partial charge on any atom is -0.373 e. The molecule has 5 atom stereocenters. The number of nitrogens with zero attached hydrogens (tertiary/aromatic N) is 1. The lowest BCUT2D eigenvalue weighted by atomic mass is 9.93. The molecule has 2 aliphatic heterocycles. The number of nitrogens with one attached hydrogen (secondary N) is 1. The molecule has 5 nitrogen and oxygen atoms in total. The summed E-state index contributed by atoms with van der Waals surface area (Å²) in [6.45, 7) is 11.4. The van der Waals surface area contributed by atoms with E-state index < -0.39 is 0 Å². The van der Waals surface area contributed by atoms with Gasteiger partial charge in [0.05, 0.1) is 12.1 Å². The Morgan fingerprint density at radius 2 is 1.75 bits per heavy atom. The fourth-order valence-corrected chi connectivity index (χ4v) is 4.34. The lowest BCUT2D eigenvalue weighted by Crippen LogP contribution is -2.53. The standard InChI is InChI=1S/C23H42N2O3/c1-6-9-10-11-12-13-14-15-27-21-19(7-2)20(8-3)28-22(21)25-16-17(4)18(5)24-23(25)26/h16,18-22H,6-15H2,1-5H3,(H,24,26)/t18?,19?,20-,21+,22-/m1/s1. The molecule has 1 N–H and O–H groups in total. The third-order valence-corrected chi connectivity index (χ3v) is 6.30. The number of hydrogen-bond donors (Lipinski definition) is 1. The molecule has 162 valence electrons. The maximum absolute atomic E-state index is 12.6. The number of carbonyl (C=O) groups is 1. The molecule has 0 saturated carbocycles. The van der Waals surface area contributed by atoms with Crippen molar-refractivity contribution in [2.45, 2.75) is 117 Å². The molecule has 0 aromatic carbocycles. The summed E-state index contributed by atoms with van der Waals surface area (Å²) in [5, 5.41) is 3.03. The second-order valence-electron chi connectivity index (χ2n) is 8.45. The Labute approximate surface area is 172 Å². The predicted molar refractivity (Wildman–Crippen MR) is 114 cm³/mol. The summed E-state index contributed by atoms with van der Waals surface area (Å²) in [6, 6.07) is -0.0135. The Morgan fingerprint density at radius 3 is 2.39 bits per heavy atom. The van der Waals surface area contributed by atoms with Gasteiger partial charge in [-0.05, 0) is 38.7 Å². The first kappa shape index (κ1) is 23.2. The summed E-state index contributed by atoms with van der Waals surface area (Å²) < 4.78 is 12.7. The van der Waals surface area contributed by atoms with E-state index in [1.54, 1.807) is 4.90 Å². The molecule has 0 aromatic heterocycles. The molecule has 2 heterocycles. The van der Waals surface area contributed by atoms with Crippen molar-refractivity contribution in [3.63, 3.8) is 0 Å². The van der Waals surface area contributed by atoms with E-state index in [1.165, 1.54) is 38.5 Å². The molecule has 1 saturated heterocycles. The molecular formula is C23H42N2O3. The topological polar surface area (TPSA) is 50.8 Å². The number of rotatable bonds is 12. The van der Waals surface area contributed by atoms with Gasteiger partial charge in [0, 0.05) is 18.7 Å². The van der Waals surface area contributed by atoms with Crippen LogP contribution < -0.4 is 5.32 Å². The van der Waals surface area contributed by atoms with Gasteiger partial charge < -0.3 is 14.8 Å². The van der Waals surface area contributed by atoms with Crippen LogP contribution in [0.15, 0.2) is 11.8 Å². The lowest BCUT2D eigenvalue weighted by molar-refractivity contribution is -0.0782. The zero-order valence-corrected chi connectivity index (χ0v) is 18.7. The monoisotopic (exact) mass is 394 g/mol. The van der Waals surface area contributed by atoms with E-state index in [9.17, 15) is 4.79 Å². The highest BCUT2D eigenvalue weighted by molar-refractivity contribution is 5.77. The summed E-state index contributed by atoms with van der Waals surface area (Å²) in [5.41, 5.74) is 1.14. The largest absolute Gasteiger partial charge is 0.373 e. The second-order valence-corrected chi connectivity index (χ2v) is 8.45. The van der Waals surface area contributed by atoms with E-state index in [0.717, 1.165) is 31.4 Å². The van der Waals surface area contributed by atoms with Gasteiger partial charge in [-0.3, -0.25) is 4.90 Å². The Morgan fingerprint density at radius 1 is 1.07 bits per heavy atom. The molecular weight excluding hydrogens is 352 g/mol. The Balaban J connectivity index is 1.94. The number of carbonyl (C=O) groups excluding carboxylic acids is 1. The molecule has 1 fully saturated rings. The van der Waals surface area contributed by atoms with Crippen LogP contribution in [-0.4, -0.2) is 42.0 Å². The van der Waals surface area contributed by atoms with Crippen molar-refractivity contribution in [3.8, 4) is 0 Å². The van der Waals surface area contributed by atoms with Crippen LogP contribution in [0.4, 0.5) is 4.79 Å². The van der Waals surface area contributed by atoms with Crippen LogP contribution in [0.1, 0.15) is 92.4 Å². The van der Waals surface area contributed by atoms with Gasteiger partial charge in [-0.1, -0.05) is 59.3 Å².